The second-order valence-corrected chi connectivity index (χ2v) is 7.73. The molecule has 0 unspecified atom stereocenters. The number of hydrogen-bond acceptors (Lipinski definition) is 4. The Labute approximate surface area is 173 Å². The summed E-state index contributed by atoms with van der Waals surface area (Å²) in [6, 6.07) is 10.8. The fraction of sp³-hybridized carbons (Fsp3) is 0.429. The summed E-state index contributed by atoms with van der Waals surface area (Å²) in [6.45, 7) is 2.19. The average Bonchev–Trinajstić information content (AvgIpc) is 2.99. The number of benzene rings is 1. The number of amides is 2. The molecule has 1 aliphatic heterocycles. The van der Waals surface area contributed by atoms with E-state index in [0.29, 0.717) is 24.5 Å². The maximum absolute atomic E-state index is 12.2. The number of likely N-dealkylation sites (tertiary alicyclic amines) is 1. The molecular weight excluding hydrogens is 424 g/mol. The van der Waals surface area contributed by atoms with Gasteiger partial charge in [-0.15, -0.1) is 0 Å². The zero-order valence-electron chi connectivity index (χ0n) is 15.8. The second-order valence-electron chi connectivity index (χ2n) is 6.81. The van der Waals surface area contributed by atoms with Gasteiger partial charge in [-0.3, -0.25) is 9.59 Å². The minimum Gasteiger partial charge on any atom is -0.486 e. The molecule has 2 aromatic rings. The van der Waals surface area contributed by atoms with Crippen LogP contribution in [-0.4, -0.2) is 36.3 Å². The number of nitrogens with one attached hydrogen (secondary N) is 1. The third-order valence-electron chi connectivity index (χ3n) is 4.65. The van der Waals surface area contributed by atoms with Crippen LogP contribution in [0.3, 0.4) is 0 Å². The molecule has 150 valence electrons. The molecule has 1 aliphatic rings. The van der Waals surface area contributed by atoms with Crippen molar-refractivity contribution in [3.05, 3.63) is 52.4 Å². The Morgan fingerprint density at radius 3 is 2.64 bits per heavy atom. The summed E-state index contributed by atoms with van der Waals surface area (Å²) in [5, 5.41) is 2.75. The van der Waals surface area contributed by atoms with Gasteiger partial charge in [0.1, 0.15) is 18.1 Å². The predicted molar refractivity (Wildman–Crippen MR) is 109 cm³/mol. The summed E-state index contributed by atoms with van der Waals surface area (Å²) in [4.78, 5) is 26.4. The van der Waals surface area contributed by atoms with E-state index in [4.69, 9.17) is 9.15 Å². The van der Waals surface area contributed by atoms with Crippen LogP contribution in [-0.2, 0) is 11.4 Å². The molecule has 1 N–H and O–H groups in total. The van der Waals surface area contributed by atoms with Crippen LogP contribution in [0.2, 0.25) is 0 Å². The Hall–Kier alpha value is -2.28. The smallest absolute Gasteiger partial charge is 0.287 e. The van der Waals surface area contributed by atoms with E-state index in [-0.39, 0.29) is 24.2 Å². The maximum Gasteiger partial charge on any atom is 0.287 e. The van der Waals surface area contributed by atoms with Gasteiger partial charge in [-0.2, -0.15) is 0 Å². The minimum atomic E-state index is -0.322. The van der Waals surface area contributed by atoms with Crippen molar-refractivity contribution in [1.82, 2.24) is 10.2 Å². The molecule has 28 heavy (non-hydrogen) atoms. The van der Waals surface area contributed by atoms with Crippen LogP contribution in [0.4, 0.5) is 0 Å². The van der Waals surface area contributed by atoms with E-state index in [1.54, 1.807) is 12.1 Å². The number of ether oxygens (including phenoxy) is 1. The number of nitrogens with zero attached hydrogens (tertiary/aromatic N) is 1. The number of rotatable bonds is 7. The first-order chi connectivity index (χ1) is 13.6. The fourth-order valence-electron chi connectivity index (χ4n) is 3.14. The molecule has 1 saturated heterocycles. The van der Waals surface area contributed by atoms with Gasteiger partial charge in [0.15, 0.2) is 5.76 Å². The Morgan fingerprint density at radius 2 is 1.89 bits per heavy atom. The molecule has 1 aromatic carbocycles. The fourth-order valence-corrected chi connectivity index (χ4v) is 3.52. The van der Waals surface area contributed by atoms with E-state index >= 15 is 0 Å². The zero-order valence-corrected chi connectivity index (χ0v) is 17.4. The highest BCUT2D eigenvalue weighted by atomic mass is 79.9. The SMILES string of the molecule is O=C(NCCC(=O)N1CCCCCC1)c1ccc(COc2cccc(Br)c2)o1. The first-order valence-corrected chi connectivity index (χ1v) is 10.4. The van der Waals surface area contributed by atoms with E-state index in [1.165, 1.54) is 12.8 Å². The molecule has 0 aliphatic carbocycles. The molecule has 0 spiro atoms. The van der Waals surface area contributed by atoms with Crippen LogP contribution in [0.25, 0.3) is 0 Å². The van der Waals surface area contributed by atoms with Gasteiger partial charge in [0, 0.05) is 30.5 Å². The lowest BCUT2D eigenvalue weighted by Crippen LogP contribution is -2.35. The number of hydrogen-bond donors (Lipinski definition) is 1. The molecular formula is C21H25BrN2O4. The highest BCUT2D eigenvalue weighted by Gasteiger charge is 2.16. The number of carbonyl (C=O) groups is 2. The molecule has 0 radical (unpaired) electrons. The molecule has 2 amide bonds. The molecule has 7 heteroatoms. The zero-order chi connectivity index (χ0) is 19.8. The average molecular weight is 449 g/mol. The van der Waals surface area contributed by atoms with Crippen molar-refractivity contribution in [3.8, 4) is 5.75 Å². The monoisotopic (exact) mass is 448 g/mol. The largest absolute Gasteiger partial charge is 0.486 e. The summed E-state index contributed by atoms with van der Waals surface area (Å²) in [7, 11) is 0. The Morgan fingerprint density at radius 1 is 1.11 bits per heavy atom. The summed E-state index contributed by atoms with van der Waals surface area (Å²) < 4.78 is 12.1. The lowest BCUT2D eigenvalue weighted by Gasteiger charge is -2.20. The molecule has 0 saturated carbocycles. The summed E-state index contributed by atoms with van der Waals surface area (Å²) in [6.07, 6.45) is 4.81. The lowest BCUT2D eigenvalue weighted by atomic mass is 10.2. The predicted octanol–water partition coefficient (Wildman–Crippen LogP) is 4.14. The second kappa shape index (κ2) is 10.3. The van der Waals surface area contributed by atoms with Gasteiger partial charge in [0.25, 0.3) is 5.91 Å². The highest BCUT2D eigenvalue weighted by Crippen LogP contribution is 2.19. The Balaban J connectivity index is 1.41. The third-order valence-corrected chi connectivity index (χ3v) is 5.14. The van der Waals surface area contributed by atoms with Gasteiger partial charge in [0.05, 0.1) is 0 Å². The standard InChI is InChI=1S/C21H25BrN2O4/c22-16-6-5-7-17(14-16)27-15-18-8-9-19(28-18)21(26)23-11-10-20(25)24-12-3-1-2-4-13-24/h5-9,14H,1-4,10-13,15H2,(H,23,26). The quantitative estimate of drug-likeness (QED) is 0.690. The van der Waals surface area contributed by atoms with E-state index in [0.717, 1.165) is 30.4 Å². The summed E-state index contributed by atoms with van der Waals surface area (Å²) in [5.74, 6) is 1.27. The Kier molecular flexibility index (Phi) is 7.54. The maximum atomic E-state index is 12.2. The first kappa shape index (κ1) is 20.5. The molecule has 1 aromatic heterocycles. The van der Waals surface area contributed by atoms with Crippen molar-refractivity contribution in [2.75, 3.05) is 19.6 Å². The third kappa shape index (κ3) is 6.12. The number of halogens is 1. The number of furan rings is 1. The van der Waals surface area contributed by atoms with Crippen LogP contribution in [0.1, 0.15) is 48.4 Å². The van der Waals surface area contributed by atoms with Gasteiger partial charge in [-0.1, -0.05) is 34.8 Å². The van der Waals surface area contributed by atoms with Gasteiger partial charge in [0.2, 0.25) is 5.91 Å². The van der Waals surface area contributed by atoms with Crippen molar-refractivity contribution < 1.29 is 18.7 Å². The highest BCUT2D eigenvalue weighted by molar-refractivity contribution is 9.10. The van der Waals surface area contributed by atoms with Gasteiger partial charge < -0.3 is 19.4 Å². The van der Waals surface area contributed by atoms with Crippen molar-refractivity contribution in [1.29, 1.82) is 0 Å². The normalized spacial score (nSPS) is 14.4. The van der Waals surface area contributed by atoms with Crippen molar-refractivity contribution in [3.63, 3.8) is 0 Å². The molecule has 6 nitrogen and oxygen atoms in total. The molecule has 1 fully saturated rings. The minimum absolute atomic E-state index is 0.102. The molecule has 2 heterocycles. The van der Waals surface area contributed by atoms with Crippen LogP contribution >= 0.6 is 15.9 Å². The van der Waals surface area contributed by atoms with Crippen LogP contribution in [0.5, 0.6) is 5.75 Å². The van der Waals surface area contributed by atoms with Crippen LogP contribution in [0.15, 0.2) is 45.3 Å². The lowest BCUT2D eigenvalue weighted by molar-refractivity contribution is -0.131. The number of carbonyl (C=O) groups excluding carboxylic acids is 2. The van der Waals surface area contributed by atoms with Crippen molar-refractivity contribution in [2.24, 2.45) is 0 Å². The van der Waals surface area contributed by atoms with E-state index in [1.807, 2.05) is 29.2 Å². The van der Waals surface area contributed by atoms with Crippen molar-refractivity contribution >= 4 is 27.7 Å². The van der Waals surface area contributed by atoms with Gasteiger partial charge >= 0.3 is 0 Å². The van der Waals surface area contributed by atoms with Crippen LogP contribution in [0, 0.1) is 0 Å². The van der Waals surface area contributed by atoms with Crippen molar-refractivity contribution in [2.45, 2.75) is 38.7 Å². The van der Waals surface area contributed by atoms with E-state index in [2.05, 4.69) is 21.2 Å². The van der Waals surface area contributed by atoms with E-state index in [9.17, 15) is 9.59 Å². The Bertz CT molecular complexity index is 797. The molecule has 0 bridgehead atoms. The van der Waals surface area contributed by atoms with Gasteiger partial charge in [-0.05, 0) is 43.2 Å². The van der Waals surface area contributed by atoms with Gasteiger partial charge in [-0.25, -0.2) is 0 Å². The summed E-state index contributed by atoms with van der Waals surface area (Å²) >= 11 is 3.39. The topological polar surface area (TPSA) is 71.8 Å². The van der Waals surface area contributed by atoms with E-state index < -0.39 is 0 Å². The summed E-state index contributed by atoms with van der Waals surface area (Å²) in [5.41, 5.74) is 0. The first-order valence-electron chi connectivity index (χ1n) is 9.65. The molecule has 3 rings (SSSR count). The molecule has 0 atom stereocenters. The van der Waals surface area contributed by atoms with Crippen LogP contribution < -0.4 is 10.1 Å².